The first-order chi connectivity index (χ1) is 10.8. The van der Waals surface area contributed by atoms with E-state index >= 15 is 0 Å². The Kier molecular flexibility index (Phi) is 8.20. The average Bonchev–Trinajstić information content (AvgIpc) is 2.48. The molecule has 5 heteroatoms. The normalized spacial score (nSPS) is 29.3. The van der Waals surface area contributed by atoms with E-state index in [1.54, 1.807) is 6.08 Å². The highest BCUT2D eigenvalue weighted by Crippen LogP contribution is 2.28. The van der Waals surface area contributed by atoms with Crippen molar-refractivity contribution in [2.24, 2.45) is 5.92 Å². The second-order valence-electron chi connectivity index (χ2n) is 6.38. The lowest BCUT2D eigenvalue weighted by Gasteiger charge is -2.38. The van der Waals surface area contributed by atoms with Gasteiger partial charge in [0.1, 0.15) is 12.4 Å². The highest BCUT2D eigenvalue weighted by atomic mass is 16.5. The number of ether oxygens (including phenoxy) is 1. The van der Waals surface area contributed by atoms with E-state index in [1.165, 1.54) is 6.92 Å². The number of hydrogen-bond acceptors (Lipinski definition) is 4. The Morgan fingerprint density at radius 3 is 2.57 bits per heavy atom. The van der Waals surface area contributed by atoms with Crippen molar-refractivity contribution in [2.45, 2.75) is 65.3 Å². The standard InChI is InChI=1S/C18H29NO4/c1-12(13(2)8-9-20)6-5-7-17-14(3)10-16(22)18(23-17)11-19-15(4)21/h6,8-9,14,16-18,22H,5,7,10-11H2,1-4H3,(H,19,21). The van der Waals surface area contributed by atoms with Gasteiger partial charge in [0.25, 0.3) is 0 Å². The first kappa shape index (κ1) is 19.6. The Hall–Kier alpha value is -1.46. The SMILES string of the molecule is CC(=O)NCC1OC(CCC=C(C)C(C)=CC=O)C(C)CC1O. The number of rotatable bonds is 7. The van der Waals surface area contributed by atoms with Crippen molar-refractivity contribution >= 4 is 12.2 Å². The smallest absolute Gasteiger partial charge is 0.216 e. The number of allylic oxidation sites excluding steroid dienone is 4. The molecule has 1 amide bonds. The van der Waals surface area contributed by atoms with Gasteiger partial charge in [-0.15, -0.1) is 0 Å². The molecule has 2 N–H and O–H groups in total. The molecule has 4 unspecified atom stereocenters. The average molecular weight is 323 g/mol. The van der Waals surface area contributed by atoms with Gasteiger partial charge >= 0.3 is 0 Å². The van der Waals surface area contributed by atoms with E-state index < -0.39 is 6.10 Å². The third-order valence-corrected chi connectivity index (χ3v) is 4.42. The molecule has 0 aromatic carbocycles. The van der Waals surface area contributed by atoms with Crippen LogP contribution in [0, 0.1) is 5.92 Å². The van der Waals surface area contributed by atoms with Crippen LogP contribution >= 0.6 is 0 Å². The van der Waals surface area contributed by atoms with Gasteiger partial charge < -0.3 is 15.2 Å². The van der Waals surface area contributed by atoms with Gasteiger partial charge in [0.2, 0.25) is 5.91 Å². The lowest BCUT2D eigenvalue weighted by Crippen LogP contribution is -2.48. The molecule has 0 radical (unpaired) electrons. The van der Waals surface area contributed by atoms with Crippen LogP contribution < -0.4 is 5.32 Å². The maximum absolute atomic E-state index is 11.0. The van der Waals surface area contributed by atoms with Gasteiger partial charge in [0, 0.05) is 13.5 Å². The van der Waals surface area contributed by atoms with Crippen LogP contribution in [0.5, 0.6) is 0 Å². The molecular formula is C18H29NO4. The highest BCUT2D eigenvalue weighted by Gasteiger charge is 2.34. The minimum atomic E-state index is -0.539. The van der Waals surface area contributed by atoms with Gasteiger partial charge in [-0.2, -0.15) is 0 Å². The second kappa shape index (κ2) is 9.63. The molecule has 1 saturated heterocycles. The predicted octanol–water partition coefficient (Wildman–Crippen LogP) is 2.15. The molecule has 1 rings (SSSR count). The largest absolute Gasteiger partial charge is 0.390 e. The molecule has 0 spiro atoms. The zero-order valence-electron chi connectivity index (χ0n) is 14.5. The van der Waals surface area contributed by atoms with Gasteiger partial charge in [-0.25, -0.2) is 0 Å². The lowest BCUT2D eigenvalue weighted by atomic mass is 9.88. The van der Waals surface area contributed by atoms with Crippen LogP contribution in [0.15, 0.2) is 23.3 Å². The predicted molar refractivity (Wildman–Crippen MR) is 89.9 cm³/mol. The summed E-state index contributed by atoms with van der Waals surface area (Å²) in [6.45, 7) is 7.79. The molecule has 4 atom stereocenters. The van der Waals surface area contributed by atoms with Gasteiger partial charge in [-0.05, 0) is 50.7 Å². The fraction of sp³-hybridized carbons (Fsp3) is 0.667. The fourth-order valence-electron chi connectivity index (χ4n) is 2.77. The molecular weight excluding hydrogens is 294 g/mol. The van der Waals surface area contributed by atoms with E-state index in [0.717, 1.165) is 30.3 Å². The van der Waals surface area contributed by atoms with Crippen molar-refractivity contribution in [3.05, 3.63) is 23.3 Å². The summed E-state index contributed by atoms with van der Waals surface area (Å²) in [6, 6.07) is 0. The number of amides is 1. The molecule has 0 bridgehead atoms. The first-order valence-corrected chi connectivity index (χ1v) is 8.22. The van der Waals surface area contributed by atoms with Crippen LogP contribution in [0.25, 0.3) is 0 Å². The number of carbonyl (C=O) groups is 2. The van der Waals surface area contributed by atoms with Crippen LogP contribution in [0.3, 0.4) is 0 Å². The van der Waals surface area contributed by atoms with Crippen molar-refractivity contribution in [1.29, 1.82) is 0 Å². The minimum Gasteiger partial charge on any atom is -0.390 e. The van der Waals surface area contributed by atoms with E-state index in [-0.39, 0.29) is 24.0 Å². The Morgan fingerprint density at radius 2 is 1.96 bits per heavy atom. The molecule has 0 aromatic rings. The maximum Gasteiger partial charge on any atom is 0.216 e. The van der Waals surface area contributed by atoms with Crippen molar-refractivity contribution in [2.75, 3.05) is 6.54 Å². The number of aliphatic hydroxyl groups is 1. The number of aliphatic hydroxyl groups excluding tert-OH is 1. The molecule has 5 nitrogen and oxygen atoms in total. The summed E-state index contributed by atoms with van der Waals surface area (Å²) in [7, 11) is 0. The molecule has 130 valence electrons. The van der Waals surface area contributed by atoms with Crippen LogP contribution in [-0.2, 0) is 14.3 Å². The Bertz CT molecular complexity index is 470. The number of aldehydes is 1. The third kappa shape index (κ3) is 6.67. The van der Waals surface area contributed by atoms with Crippen LogP contribution in [-0.4, -0.2) is 42.2 Å². The van der Waals surface area contributed by atoms with E-state index in [9.17, 15) is 14.7 Å². The summed E-state index contributed by atoms with van der Waals surface area (Å²) in [5.41, 5.74) is 2.06. The van der Waals surface area contributed by atoms with Crippen LogP contribution in [0.2, 0.25) is 0 Å². The number of carbonyl (C=O) groups excluding carboxylic acids is 2. The van der Waals surface area contributed by atoms with E-state index in [1.807, 2.05) is 13.8 Å². The Morgan fingerprint density at radius 1 is 1.26 bits per heavy atom. The van der Waals surface area contributed by atoms with Crippen molar-refractivity contribution in [3.8, 4) is 0 Å². The quantitative estimate of drug-likeness (QED) is 0.428. The number of hydrogen-bond donors (Lipinski definition) is 2. The summed E-state index contributed by atoms with van der Waals surface area (Å²) >= 11 is 0. The van der Waals surface area contributed by atoms with Crippen molar-refractivity contribution in [3.63, 3.8) is 0 Å². The van der Waals surface area contributed by atoms with Crippen molar-refractivity contribution < 1.29 is 19.4 Å². The van der Waals surface area contributed by atoms with Crippen molar-refractivity contribution in [1.82, 2.24) is 5.32 Å². The van der Waals surface area contributed by atoms with Gasteiger partial charge in [0.05, 0.1) is 12.2 Å². The van der Waals surface area contributed by atoms with Gasteiger partial charge in [0.15, 0.2) is 0 Å². The first-order valence-electron chi connectivity index (χ1n) is 8.22. The summed E-state index contributed by atoms with van der Waals surface area (Å²) in [5, 5.41) is 12.8. The minimum absolute atomic E-state index is 0.0663. The maximum atomic E-state index is 11.0. The monoisotopic (exact) mass is 323 g/mol. The van der Waals surface area contributed by atoms with Crippen LogP contribution in [0.4, 0.5) is 0 Å². The molecule has 0 aliphatic carbocycles. The molecule has 1 aliphatic rings. The molecule has 23 heavy (non-hydrogen) atoms. The van der Waals surface area contributed by atoms with Gasteiger partial charge in [-0.1, -0.05) is 18.6 Å². The lowest BCUT2D eigenvalue weighted by molar-refractivity contribution is -0.144. The Labute approximate surface area is 138 Å². The van der Waals surface area contributed by atoms with Gasteiger partial charge in [-0.3, -0.25) is 9.59 Å². The zero-order valence-corrected chi connectivity index (χ0v) is 14.5. The van der Waals surface area contributed by atoms with Crippen LogP contribution in [0.1, 0.15) is 47.0 Å². The summed E-state index contributed by atoms with van der Waals surface area (Å²) in [6.07, 6.45) is 6.05. The fourth-order valence-corrected chi connectivity index (χ4v) is 2.77. The molecule has 1 fully saturated rings. The van der Waals surface area contributed by atoms with E-state index in [2.05, 4.69) is 18.3 Å². The van der Waals surface area contributed by atoms with E-state index in [0.29, 0.717) is 13.0 Å². The molecule has 1 aliphatic heterocycles. The second-order valence-corrected chi connectivity index (χ2v) is 6.38. The Balaban J connectivity index is 2.54. The molecule has 0 aromatic heterocycles. The van der Waals surface area contributed by atoms with E-state index in [4.69, 9.17) is 4.74 Å². The number of nitrogens with one attached hydrogen (secondary N) is 1. The highest BCUT2D eigenvalue weighted by molar-refractivity contribution is 5.72. The molecule has 1 heterocycles. The summed E-state index contributed by atoms with van der Waals surface area (Å²) in [4.78, 5) is 21.5. The summed E-state index contributed by atoms with van der Waals surface area (Å²) in [5.74, 6) is 0.158. The third-order valence-electron chi connectivity index (χ3n) is 4.42. The topological polar surface area (TPSA) is 75.6 Å². The zero-order chi connectivity index (χ0) is 17.4. The molecule has 0 saturated carbocycles. The summed E-state index contributed by atoms with van der Waals surface area (Å²) < 4.78 is 5.99.